The topological polar surface area (TPSA) is 79.5 Å². The highest BCUT2D eigenvalue weighted by Crippen LogP contribution is 2.31. The van der Waals surface area contributed by atoms with Crippen LogP contribution in [0.4, 0.5) is 10.5 Å². The lowest BCUT2D eigenvalue weighted by Gasteiger charge is -2.13. The van der Waals surface area contributed by atoms with Crippen LogP contribution in [-0.2, 0) is 11.3 Å². The molecule has 0 radical (unpaired) electrons. The van der Waals surface area contributed by atoms with Gasteiger partial charge in [0.25, 0.3) is 0 Å². The zero-order chi connectivity index (χ0) is 18.9. The molecule has 3 N–H and O–H groups in total. The van der Waals surface area contributed by atoms with Crippen LogP contribution in [0.1, 0.15) is 25.8 Å². The Bertz CT molecular complexity index is 775. The molecule has 6 heteroatoms. The van der Waals surface area contributed by atoms with Crippen molar-refractivity contribution in [1.29, 1.82) is 0 Å². The highest BCUT2D eigenvalue weighted by molar-refractivity contribution is 5.91. The van der Waals surface area contributed by atoms with E-state index in [1.807, 2.05) is 56.3 Å². The summed E-state index contributed by atoms with van der Waals surface area (Å²) >= 11 is 0. The van der Waals surface area contributed by atoms with Crippen LogP contribution in [0, 0.1) is 0 Å². The second kappa shape index (κ2) is 9.46. The zero-order valence-electron chi connectivity index (χ0n) is 15.4. The molecule has 0 heterocycles. The van der Waals surface area contributed by atoms with E-state index in [1.54, 1.807) is 7.11 Å². The molecule has 6 nitrogen and oxygen atoms in total. The van der Waals surface area contributed by atoms with Gasteiger partial charge < -0.3 is 20.7 Å². The van der Waals surface area contributed by atoms with E-state index in [4.69, 9.17) is 4.74 Å². The second-order valence-electron chi connectivity index (χ2n) is 5.73. The molecule has 0 spiro atoms. The minimum absolute atomic E-state index is 0.0258. The first-order chi connectivity index (χ1) is 12.6. The van der Waals surface area contributed by atoms with E-state index in [-0.39, 0.29) is 11.9 Å². The average Bonchev–Trinajstić information content (AvgIpc) is 2.66. The van der Waals surface area contributed by atoms with Gasteiger partial charge in [-0.2, -0.15) is 0 Å². The quantitative estimate of drug-likeness (QED) is 0.711. The number of amides is 3. The van der Waals surface area contributed by atoms with Gasteiger partial charge in [0, 0.05) is 19.5 Å². The Hall–Kier alpha value is -3.02. The average molecular weight is 355 g/mol. The SMILES string of the molecule is CCNC(=O)Nc1ccc(-c2cccc(CNC(=O)CC)c2)cc1OC. The number of ether oxygens (including phenoxy) is 1. The van der Waals surface area contributed by atoms with E-state index >= 15 is 0 Å². The van der Waals surface area contributed by atoms with Crippen molar-refractivity contribution in [3.8, 4) is 16.9 Å². The summed E-state index contributed by atoms with van der Waals surface area (Å²) in [5.74, 6) is 0.608. The molecule has 2 rings (SSSR count). The number of hydrogen-bond acceptors (Lipinski definition) is 3. The molecule has 138 valence electrons. The minimum atomic E-state index is -0.271. The maximum absolute atomic E-state index is 11.7. The largest absolute Gasteiger partial charge is 0.495 e. The standard InChI is InChI=1S/C20H25N3O3/c1-4-19(24)22-13-14-7-6-8-15(11-14)16-9-10-17(18(12-16)26-3)23-20(25)21-5-2/h6-12H,4-5,13H2,1-3H3,(H,22,24)(H2,21,23,25). The van der Waals surface area contributed by atoms with Crippen molar-refractivity contribution < 1.29 is 14.3 Å². The van der Waals surface area contributed by atoms with E-state index in [0.717, 1.165) is 16.7 Å². The number of rotatable bonds is 7. The predicted octanol–water partition coefficient (Wildman–Crippen LogP) is 3.53. The van der Waals surface area contributed by atoms with Crippen molar-refractivity contribution in [2.24, 2.45) is 0 Å². The van der Waals surface area contributed by atoms with Crippen molar-refractivity contribution in [2.45, 2.75) is 26.8 Å². The Morgan fingerprint density at radius 3 is 2.46 bits per heavy atom. The van der Waals surface area contributed by atoms with Gasteiger partial charge in [-0.15, -0.1) is 0 Å². The van der Waals surface area contributed by atoms with E-state index in [2.05, 4.69) is 16.0 Å². The summed E-state index contributed by atoms with van der Waals surface area (Å²) in [6.07, 6.45) is 0.469. The fourth-order valence-electron chi connectivity index (χ4n) is 2.49. The molecule has 3 amide bonds. The zero-order valence-corrected chi connectivity index (χ0v) is 15.4. The summed E-state index contributed by atoms with van der Waals surface area (Å²) in [4.78, 5) is 23.1. The second-order valence-corrected chi connectivity index (χ2v) is 5.73. The van der Waals surface area contributed by atoms with Gasteiger partial charge in [-0.3, -0.25) is 4.79 Å². The fourth-order valence-corrected chi connectivity index (χ4v) is 2.49. The molecule has 2 aromatic rings. The van der Waals surface area contributed by atoms with Gasteiger partial charge in [0.05, 0.1) is 12.8 Å². The molecule has 0 aliphatic rings. The number of anilines is 1. The third-order valence-electron chi connectivity index (χ3n) is 3.86. The van der Waals surface area contributed by atoms with Crippen molar-refractivity contribution in [3.63, 3.8) is 0 Å². The summed E-state index contributed by atoms with van der Waals surface area (Å²) in [5.41, 5.74) is 3.60. The smallest absolute Gasteiger partial charge is 0.319 e. The van der Waals surface area contributed by atoms with E-state index in [0.29, 0.717) is 30.9 Å². The number of carbonyl (C=O) groups excluding carboxylic acids is 2. The van der Waals surface area contributed by atoms with Gasteiger partial charge in [0.15, 0.2) is 0 Å². The molecular formula is C20H25N3O3. The molecule has 0 unspecified atom stereocenters. The third kappa shape index (κ3) is 5.24. The van der Waals surface area contributed by atoms with Crippen LogP contribution < -0.4 is 20.7 Å². The molecule has 0 aliphatic carbocycles. The Balaban J connectivity index is 2.20. The number of urea groups is 1. The van der Waals surface area contributed by atoms with Gasteiger partial charge in [0.2, 0.25) is 5.91 Å². The normalized spacial score (nSPS) is 10.1. The summed E-state index contributed by atoms with van der Waals surface area (Å²) in [5, 5.41) is 8.33. The first-order valence-corrected chi connectivity index (χ1v) is 8.66. The summed E-state index contributed by atoms with van der Waals surface area (Å²) in [7, 11) is 1.57. The maximum atomic E-state index is 11.7. The Kier molecular flexibility index (Phi) is 7.02. The lowest BCUT2D eigenvalue weighted by Crippen LogP contribution is -2.28. The third-order valence-corrected chi connectivity index (χ3v) is 3.86. The lowest BCUT2D eigenvalue weighted by molar-refractivity contribution is -0.120. The maximum Gasteiger partial charge on any atom is 0.319 e. The summed E-state index contributed by atoms with van der Waals surface area (Å²) in [6, 6.07) is 13.3. The van der Waals surface area contributed by atoms with Crippen LogP contribution in [0.5, 0.6) is 5.75 Å². The van der Waals surface area contributed by atoms with E-state index < -0.39 is 0 Å². The molecule has 0 aliphatic heterocycles. The van der Waals surface area contributed by atoms with E-state index in [9.17, 15) is 9.59 Å². The molecular weight excluding hydrogens is 330 g/mol. The molecule has 0 aromatic heterocycles. The monoisotopic (exact) mass is 355 g/mol. The minimum Gasteiger partial charge on any atom is -0.495 e. The van der Waals surface area contributed by atoms with Gasteiger partial charge in [0.1, 0.15) is 5.75 Å². The summed E-state index contributed by atoms with van der Waals surface area (Å²) < 4.78 is 5.41. The molecule has 2 aromatic carbocycles. The van der Waals surface area contributed by atoms with Crippen LogP contribution in [0.2, 0.25) is 0 Å². The van der Waals surface area contributed by atoms with Gasteiger partial charge >= 0.3 is 6.03 Å². The lowest BCUT2D eigenvalue weighted by atomic mass is 10.0. The Labute approximate surface area is 153 Å². The fraction of sp³-hybridized carbons (Fsp3) is 0.300. The van der Waals surface area contributed by atoms with Crippen molar-refractivity contribution >= 4 is 17.6 Å². The first-order valence-electron chi connectivity index (χ1n) is 8.66. The number of carbonyl (C=O) groups is 2. The molecule has 0 saturated carbocycles. The molecule has 0 fully saturated rings. The number of methoxy groups -OCH3 is 1. The highest BCUT2D eigenvalue weighted by Gasteiger charge is 2.09. The number of nitrogens with one attached hydrogen (secondary N) is 3. The number of hydrogen-bond donors (Lipinski definition) is 3. The number of benzene rings is 2. The van der Waals surface area contributed by atoms with Crippen LogP contribution in [-0.4, -0.2) is 25.6 Å². The van der Waals surface area contributed by atoms with Gasteiger partial charge in [-0.05, 0) is 41.8 Å². The molecule has 0 bridgehead atoms. The van der Waals surface area contributed by atoms with E-state index in [1.165, 1.54) is 0 Å². The molecule has 0 saturated heterocycles. The van der Waals surface area contributed by atoms with Gasteiger partial charge in [-0.1, -0.05) is 31.2 Å². The Morgan fingerprint density at radius 2 is 1.77 bits per heavy atom. The van der Waals surface area contributed by atoms with Crippen molar-refractivity contribution in [2.75, 3.05) is 19.0 Å². The van der Waals surface area contributed by atoms with Crippen LogP contribution in [0.25, 0.3) is 11.1 Å². The molecule has 0 atom stereocenters. The summed E-state index contributed by atoms with van der Waals surface area (Å²) in [6.45, 7) is 4.73. The Morgan fingerprint density at radius 1 is 1.00 bits per heavy atom. The van der Waals surface area contributed by atoms with Crippen molar-refractivity contribution in [3.05, 3.63) is 48.0 Å². The predicted molar refractivity (Wildman–Crippen MR) is 103 cm³/mol. The van der Waals surface area contributed by atoms with Gasteiger partial charge in [-0.25, -0.2) is 4.79 Å². The van der Waals surface area contributed by atoms with Crippen LogP contribution in [0.15, 0.2) is 42.5 Å². The van der Waals surface area contributed by atoms with Crippen molar-refractivity contribution in [1.82, 2.24) is 10.6 Å². The van der Waals surface area contributed by atoms with Crippen LogP contribution in [0.3, 0.4) is 0 Å². The van der Waals surface area contributed by atoms with Crippen LogP contribution >= 0.6 is 0 Å². The first kappa shape index (κ1) is 19.3. The molecule has 26 heavy (non-hydrogen) atoms. The highest BCUT2D eigenvalue weighted by atomic mass is 16.5.